The number of likely N-dealkylation sites (tertiary alicyclic amines) is 1. The molecule has 1 saturated carbocycles. The largest absolute Gasteiger partial charge is 0.444 e. The number of hydrogen-bond acceptors (Lipinski definition) is 4. The smallest absolute Gasteiger partial charge is 0.411 e. The highest BCUT2D eigenvalue weighted by Crippen LogP contribution is 2.50. The zero-order valence-electron chi connectivity index (χ0n) is 25.9. The van der Waals surface area contributed by atoms with Crippen LogP contribution in [-0.2, 0) is 14.0 Å². The molecule has 1 heterocycles. The lowest BCUT2D eigenvalue weighted by Gasteiger charge is -2.49. The van der Waals surface area contributed by atoms with E-state index in [2.05, 4.69) is 48.5 Å². The first-order valence-corrected chi connectivity index (χ1v) is 17.5. The van der Waals surface area contributed by atoms with Gasteiger partial charge in [-0.2, -0.15) is 0 Å². The standard InChI is InChI=1S/C31H59NO4Si/c1-11-12-16-28(36-37(23(2)3,24(4)5)25(6)7)18-17-26-15-13-14-20-31(26)21-19-27(22-33)32(31)29(34)35-30(8,9)10/h22-28H,11-21H2,1-10H3/t26-,27+,28-,31-/m0/s1. The van der Waals surface area contributed by atoms with Gasteiger partial charge in [-0.25, -0.2) is 4.79 Å². The molecule has 5 nitrogen and oxygen atoms in total. The van der Waals surface area contributed by atoms with Crippen LogP contribution in [0.5, 0.6) is 0 Å². The summed E-state index contributed by atoms with van der Waals surface area (Å²) < 4.78 is 13.2. The molecule has 0 bridgehead atoms. The van der Waals surface area contributed by atoms with E-state index in [0.717, 1.165) is 57.7 Å². The number of ether oxygens (including phenoxy) is 1. The Morgan fingerprint density at radius 3 is 2.14 bits per heavy atom. The van der Waals surface area contributed by atoms with Crippen molar-refractivity contribution in [1.82, 2.24) is 4.90 Å². The van der Waals surface area contributed by atoms with E-state index >= 15 is 0 Å². The molecule has 1 saturated heterocycles. The molecule has 1 aliphatic heterocycles. The van der Waals surface area contributed by atoms with Crippen LogP contribution >= 0.6 is 0 Å². The van der Waals surface area contributed by atoms with Crippen LogP contribution in [0.4, 0.5) is 4.79 Å². The number of rotatable bonds is 12. The summed E-state index contributed by atoms with van der Waals surface area (Å²) in [6.07, 6.45) is 12.6. The summed E-state index contributed by atoms with van der Waals surface area (Å²) in [5.74, 6) is 0.389. The maximum atomic E-state index is 13.5. The molecular weight excluding hydrogens is 478 g/mol. The minimum Gasteiger partial charge on any atom is -0.444 e. The summed E-state index contributed by atoms with van der Waals surface area (Å²) in [5, 5.41) is 0. The molecule has 0 aromatic rings. The van der Waals surface area contributed by atoms with E-state index in [4.69, 9.17) is 9.16 Å². The lowest BCUT2D eigenvalue weighted by Crippen LogP contribution is -2.57. The fraction of sp³-hybridized carbons (Fsp3) is 0.935. The van der Waals surface area contributed by atoms with Crippen molar-refractivity contribution in [3.8, 4) is 0 Å². The number of unbranched alkanes of at least 4 members (excludes halogenated alkanes) is 1. The van der Waals surface area contributed by atoms with Crippen LogP contribution in [0.15, 0.2) is 0 Å². The number of hydrogen-bond donors (Lipinski definition) is 0. The Morgan fingerprint density at radius 2 is 1.62 bits per heavy atom. The summed E-state index contributed by atoms with van der Waals surface area (Å²) in [6.45, 7) is 22.2. The van der Waals surface area contributed by atoms with E-state index in [-0.39, 0.29) is 23.8 Å². The van der Waals surface area contributed by atoms with Gasteiger partial charge in [0, 0.05) is 11.6 Å². The third kappa shape index (κ3) is 7.41. The second-order valence-electron chi connectivity index (χ2n) is 13.9. The number of carbonyl (C=O) groups is 2. The summed E-state index contributed by atoms with van der Waals surface area (Å²) in [7, 11) is -1.97. The number of carbonyl (C=O) groups excluding carboxylic acids is 2. The molecule has 2 aliphatic rings. The third-order valence-electron chi connectivity index (χ3n) is 9.40. The van der Waals surface area contributed by atoms with Crippen molar-refractivity contribution in [2.75, 3.05) is 0 Å². The van der Waals surface area contributed by atoms with Gasteiger partial charge < -0.3 is 14.0 Å². The summed E-state index contributed by atoms with van der Waals surface area (Å²) in [6, 6.07) is -0.370. The number of nitrogens with zero attached hydrogens (tertiary/aromatic N) is 1. The molecule has 2 fully saturated rings. The van der Waals surface area contributed by atoms with Crippen LogP contribution in [0.2, 0.25) is 16.6 Å². The Balaban J connectivity index is 2.31. The first kappa shape index (κ1) is 32.3. The van der Waals surface area contributed by atoms with Crippen molar-refractivity contribution in [1.29, 1.82) is 0 Å². The Labute approximate surface area is 229 Å². The van der Waals surface area contributed by atoms with E-state index in [1.807, 2.05) is 25.7 Å². The van der Waals surface area contributed by atoms with Crippen molar-refractivity contribution in [2.45, 2.75) is 180 Å². The SMILES string of the molecule is CCCC[C@@H](CC[C@@H]1CCCC[C@]12CC[C@H](C=O)N2C(=O)OC(C)(C)C)O[Si](C(C)C)(C(C)C)C(C)C. The molecule has 4 atom stereocenters. The molecule has 1 amide bonds. The Hall–Kier alpha value is -0.883. The molecule has 37 heavy (non-hydrogen) atoms. The summed E-state index contributed by atoms with van der Waals surface area (Å²) >= 11 is 0. The first-order valence-electron chi connectivity index (χ1n) is 15.4. The molecule has 0 aromatic heterocycles. The molecule has 1 spiro atoms. The van der Waals surface area contributed by atoms with Crippen LogP contribution < -0.4 is 0 Å². The van der Waals surface area contributed by atoms with Crippen molar-refractivity contribution < 1.29 is 18.8 Å². The van der Waals surface area contributed by atoms with Crippen molar-refractivity contribution in [3.05, 3.63) is 0 Å². The predicted molar refractivity (Wildman–Crippen MR) is 157 cm³/mol. The van der Waals surface area contributed by atoms with Gasteiger partial charge in [-0.05, 0) is 88.3 Å². The molecular formula is C31H59NO4Si. The zero-order valence-corrected chi connectivity index (χ0v) is 26.9. The Morgan fingerprint density at radius 1 is 1.00 bits per heavy atom. The van der Waals surface area contributed by atoms with E-state index in [1.165, 1.54) is 19.3 Å². The molecule has 216 valence electrons. The quantitative estimate of drug-likeness (QED) is 0.184. The van der Waals surface area contributed by atoms with Gasteiger partial charge in [-0.1, -0.05) is 74.1 Å². The van der Waals surface area contributed by atoms with Gasteiger partial charge in [0.2, 0.25) is 8.32 Å². The maximum Gasteiger partial charge on any atom is 0.411 e. The molecule has 0 aromatic carbocycles. The Bertz CT molecular complexity index is 709. The summed E-state index contributed by atoms with van der Waals surface area (Å²) in [4.78, 5) is 27.4. The van der Waals surface area contributed by atoms with Gasteiger partial charge in [0.25, 0.3) is 0 Å². The topological polar surface area (TPSA) is 55.8 Å². The van der Waals surface area contributed by atoms with Gasteiger partial charge in [0.1, 0.15) is 11.9 Å². The highest BCUT2D eigenvalue weighted by atomic mass is 28.4. The van der Waals surface area contributed by atoms with Gasteiger partial charge in [-0.15, -0.1) is 0 Å². The zero-order chi connectivity index (χ0) is 28.0. The average molecular weight is 538 g/mol. The maximum absolute atomic E-state index is 13.5. The molecule has 0 radical (unpaired) electrons. The van der Waals surface area contributed by atoms with Crippen molar-refractivity contribution in [3.63, 3.8) is 0 Å². The van der Waals surface area contributed by atoms with Crippen LogP contribution in [0.3, 0.4) is 0 Å². The molecule has 0 unspecified atom stereocenters. The van der Waals surface area contributed by atoms with Crippen LogP contribution in [0, 0.1) is 5.92 Å². The second kappa shape index (κ2) is 13.5. The van der Waals surface area contributed by atoms with Crippen molar-refractivity contribution in [2.24, 2.45) is 5.92 Å². The molecule has 0 N–H and O–H groups in total. The van der Waals surface area contributed by atoms with Crippen LogP contribution in [0.1, 0.15) is 140 Å². The van der Waals surface area contributed by atoms with Gasteiger partial charge >= 0.3 is 6.09 Å². The minimum atomic E-state index is -1.97. The highest BCUT2D eigenvalue weighted by molar-refractivity contribution is 6.77. The highest BCUT2D eigenvalue weighted by Gasteiger charge is 2.55. The Kier molecular flexibility index (Phi) is 11.8. The average Bonchev–Trinajstić information content (AvgIpc) is 3.16. The summed E-state index contributed by atoms with van der Waals surface area (Å²) in [5.41, 5.74) is 0.885. The van der Waals surface area contributed by atoms with Crippen molar-refractivity contribution >= 4 is 20.7 Å². The third-order valence-corrected chi connectivity index (χ3v) is 15.6. The lowest BCUT2D eigenvalue weighted by atomic mass is 9.69. The molecule has 1 aliphatic carbocycles. The van der Waals surface area contributed by atoms with E-state index in [1.54, 1.807) is 0 Å². The lowest BCUT2D eigenvalue weighted by molar-refractivity contribution is -0.114. The van der Waals surface area contributed by atoms with E-state index in [9.17, 15) is 9.59 Å². The second-order valence-corrected chi connectivity index (χ2v) is 19.3. The fourth-order valence-corrected chi connectivity index (χ4v) is 13.5. The van der Waals surface area contributed by atoms with Crippen LogP contribution in [0.25, 0.3) is 0 Å². The van der Waals surface area contributed by atoms with E-state index in [0.29, 0.717) is 22.5 Å². The molecule has 6 heteroatoms. The van der Waals surface area contributed by atoms with E-state index < -0.39 is 13.9 Å². The van der Waals surface area contributed by atoms with Crippen LogP contribution in [-0.4, -0.2) is 48.9 Å². The predicted octanol–water partition coefficient (Wildman–Crippen LogP) is 9.04. The molecule has 2 rings (SSSR count). The van der Waals surface area contributed by atoms with Gasteiger partial charge in [0.15, 0.2) is 0 Å². The number of aldehydes is 1. The first-order chi connectivity index (χ1) is 17.2. The van der Waals surface area contributed by atoms with Gasteiger partial charge in [0.05, 0.1) is 6.04 Å². The number of amides is 1. The minimum absolute atomic E-state index is 0.260. The van der Waals surface area contributed by atoms with Gasteiger partial charge in [-0.3, -0.25) is 4.90 Å². The fourth-order valence-electron chi connectivity index (χ4n) is 7.87. The normalized spacial score (nSPS) is 25.9. The monoisotopic (exact) mass is 537 g/mol.